The number of carbonyl (C=O) groups excluding carboxylic acids is 1. The van der Waals surface area contributed by atoms with Gasteiger partial charge in [0.2, 0.25) is 0 Å². The zero-order chi connectivity index (χ0) is 20.2. The van der Waals surface area contributed by atoms with E-state index in [1.807, 2.05) is 30.3 Å². The molecule has 2 N–H and O–H groups in total. The van der Waals surface area contributed by atoms with E-state index < -0.39 is 11.9 Å². The van der Waals surface area contributed by atoms with Crippen LogP contribution in [-0.4, -0.2) is 51.5 Å². The first-order valence-electron chi connectivity index (χ1n) is 8.83. The van der Waals surface area contributed by atoms with E-state index in [1.54, 1.807) is 36.7 Å². The maximum absolute atomic E-state index is 12.8. The molecule has 7 heteroatoms. The third kappa shape index (κ3) is 4.68. The van der Waals surface area contributed by atoms with Crippen molar-refractivity contribution in [1.29, 1.82) is 0 Å². The number of aromatic carboxylic acids is 1. The standard InChI is InChI=1S/C23H16N2O4.Na.H/c26-22(19-10-18(12-24-13-19)17-8-9-29-14-17)25-21-11-16(6-7-20(21)23(27)28)15-4-2-1-3-5-15;;/h1-14H,(H,25,26)(H,27,28);;. The number of pyridine rings is 1. The van der Waals surface area contributed by atoms with Crippen molar-refractivity contribution in [3.63, 3.8) is 0 Å². The van der Waals surface area contributed by atoms with E-state index in [-0.39, 0.29) is 40.8 Å². The van der Waals surface area contributed by atoms with Crippen molar-refractivity contribution in [3.05, 3.63) is 96.7 Å². The van der Waals surface area contributed by atoms with Crippen LogP contribution in [-0.2, 0) is 0 Å². The van der Waals surface area contributed by atoms with E-state index in [0.29, 0.717) is 5.56 Å². The molecular formula is C23H17N2NaO4. The first kappa shape index (κ1) is 21.5. The summed E-state index contributed by atoms with van der Waals surface area (Å²) < 4.78 is 5.07. The third-order valence-electron chi connectivity index (χ3n) is 4.46. The van der Waals surface area contributed by atoms with Crippen LogP contribution >= 0.6 is 0 Å². The average Bonchev–Trinajstić information content (AvgIpc) is 3.29. The van der Waals surface area contributed by atoms with Crippen LogP contribution < -0.4 is 5.32 Å². The zero-order valence-corrected chi connectivity index (χ0v) is 15.2. The van der Waals surface area contributed by atoms with E-state index in [1.165, 1.54) is 18.5 Å². The van der Waals surface area contributed by atoms with Crippen LogP contribution in [0.2, 0.25) is 0 Å². The van der Waals surface area contributed by atoms with Gasteiger partial charge in [-0.05, 0) is 35.4 Å². The fourth-order valence-electron chi connectivity index (χ4n) is 2.99. The Kier molecular flexibility index (Phi) is 6.84. The normalized spacial score (nSPS) is 10.1. The van der Waals surface area contributed by atoms with Crippen LogP contribution in [0.25, 0.3) is 22.3 Å². The van der Waals surface area contributed by atoms with Crippen molar-refractivity contribution < 1.29 is 19.1 Å². The summed E-state index contributed by atoms with van der Waals surface area (Å²) in [4.78, 5) is 28.5. The fourth-order valence-corrected chi connectivity index (χ4v) is 2.99. The van der Waals surface area contributed by atoms with Crippen molar-refractivity contribution in [3.8, 4) is 22.3 Å². The van der Waals surface area contributed by atoms with Crippen LogP contribution in [0.5, 0.6) is 0 Å². The molecule has 0 radical (unpaired) electrons. The summed E-state index contributed by atoms with van der Waals surface area (Å²) in [7, 11) is 0. The van der Waals surface area contributed by atoms with Gasteiger partial charge in [-0.25, -0.2) is 4.79 Å². The van der Waals surface area contributed by atoms with E-state index in [4.69, 9.17) is 4.42 Å². The number of nitrogens with zero attached hydrogens (tertiary/aromatic N) is 1. The van der Waals surface area contributed by atoms with Gasteiger partial charge < -0.3 is 14.8 Å². The van der Waals surface area contributed by atoms with Gasteiger partial charge in [-0.3, -0.25) is 9.78 Å². The number of carbonyl (C=O) groups is 2. The minimum absolute atomic E-state index is 0. The molecule has 144 valence electrons. The van der Waals surface area contributed by atoms with Crippen LogP contribution in [0.3, 0.4) is 0 Å². The number of hydrogen-bond donors (Lipinski definition) is 2. The molecule has 6 nitrogen and oxygen atoms in total. The van der Waals surface area contributed by atoms with E-state index >= 15 is 0 Å². The van der Waals surface area contributed by atoms with Gasteiger partial charge in [0.25, 0.3) is 5.91 Å². The number of hydrogen-bond acceptors (Lipinski definition) is 4. The SMILES string of the molecule is O=C(Nc1cc(-c2ccccc2)ccc1C(=O)O)c1cncc(-c2ccoc2)c1.[NaH]. The van der Waals surface area contributed by atoms with Crippen molar-refractivity contribution in [1.82, 2.24) is 4.98 Å². The predicted octanol–water partition coefficient (Wildman–Crippen LogP) is 4.31. The van der Waals surface area contributed by atoms with Gasteiger partial charge >= 0.3 is 35.5 Å². The molecule has 4 rings (SSSR count). The fraction of sp³-hybridized carbons (Fsp3) is 0. The number of aromatic nitrogens is 1. The number of anilines is 1. The van der Waals surface area contributed by atoms with Crippen molar-refractivity contribution in [2.24, 2.45) is 0 Å². The molecule has 30 heavy (non-hydrogen) atoms. The molecule has 0 unspecified atom stereocenters. The van der Waals surface area contributed by atoms with Crippen LogP contribution in [0.15, 0.2) is 90.0 Å². The van der Waals surface area contributed by atoms with Gasteiger partial charge in [-0.15, -0.1) is 0 Å². The van der Waals surface area contributed by atoms with Gasteiger partial charge in [-0.1, -0.05) is 36.4 Å². The van der Waals surface area contributed by atoms with Crippen molar-refractivity contribution >= 4 is 47.1 Å². The second-order valence-electron chi connectivity index (χ2n) is 6.36. The Bertz CT molecular complexity index is 1180. The van der Waals surface area contributed by atoms with Crippen LogP contribution in [0.4, 0.5) is 5.69 Å². The van der Waals surface area contributed by atoms with Gasteiger partial charge in [0.1, 0.15) is 0 Å². The maximum atomic E-state index is 12.8. The van der Waals surface area contributed by atoms with E-state index in [9.17, 15) is 14.7 Å². The second-order valence-corrected chi connectivity index (χ2v) is 6.36. The molecule has 2 aromatic heterocycles. The number of benzene rings is 2. The van der Waals surface area contributed by atoms with Gasteiger partial charge in [-0.2, -0.15) is 0 Å². The molecule has 0 saturated heterocycles. The number of furan rings is 1. The molecule has 0 bridgehead atoms. The predicted molar refractivity (Wildman–Crippen MR) is 116 cm³/mol. The van der Waals surface area contributed by atoms with E-state index in [2.05, 4.69) is 10.3 Å². The molecule has 4 aromatic rings. The molecule has 1 amide bonds. The summed E-state index contributed by atoms with van der Waals surface area (Å²) >= 11 is 0. The molecule has 2 heterocycles. The summed E-state index contributed by atoms with van der Waals surface area (Å²) in [5.41, 5.74) is 3.78. The van der Waals surface area contributed by atoms with Gasteiger partial charge in [0.15, 0.2) is 0 Å². The molecule has 0 fully saturated rings. The monoisotopic (exact) mass is 408 g/mol. The first-order valence-corrected chi connectivity index (χ1v) is 8.83. The van der Waals surface area contributed by atoms with Gasteiger partial charge in [0.05, 0.1) is 29.3 Å². The molecular weight excluding hydrogens is 391 g/mol. The minimum atomic E-state index is -1.12. The Morgan fingerprint density at radius 1 is 0.867 bits per heavy atom. The topological polar surface area (TPSA) is 92.4 Å². The number of amides is 1. The van der Waals surface area contributed by atoms with Gasteiger partial charge in [0, 0.05) is 23.5 Å². The van der Waals surface area contributed by atoms with E-state index in [0.717, 1.165) is 22.3 Å². The zero-order valence-electron chi connectivity index (χ0n) is 15.2. The molecule has 0 spiro atoms. The summed E-state index contributed by atoms with van der Waals surface area (Å²) in [6.07, 6.45) is 6.15. The summed E-state index contributed by atoms with van der Waals surface area (Å²) in [6, 6.07) is 17.8. The number of carboxylic acid groups (broad SMARTS) is 1. The van der Waals surface area contributed by atoms with Crippen LogP contribution in [0.1, 0.15) is 20.7 Å². The Morgan fingerprint density at radius 3 is 2.37 bits per heavy atom. The second kappa shape index (κ2) is 9.54. The molecule has 2 aromatic carbocycles. The Morgan fingerprint density at radius 2 is 1.67 bits per heavy atom. The average molecular weight is 408 g/mol. The van der Waals surface area contributed by atoms with Crippen LogP contribution in [0, 0.1) is 0 Å². The Hall–Kier alpha value is -3.19. The summed E-state index contributed by atoms with van der Waals surface area (Å²) in [6.45, 7) is 0. The quantitative estimate of drug-likeness (QED) is 0.480. The third-order valence-corrected chi connectivity index (χ3v) is 4.46. The van der Waals surface area contributed by atoms with Crippen molar-refractivity contribution in [2.45, 2.75) is 0 Å². The molecule has 0 atom stereocenters. The summed E-state index contributed by atoms with van der Waals surface area (Å²) in [5.74, 6) is -1.57. The molecule has 0 aliphatic heterocycles. The Labute approximate surface area is 194 Å². The Balaban J connectivity index is 0.00000256. The molecule has 0 aliphatic carbocycles. The first-order chi connectivity index (χ1) is 14.1. The number of rotatable bonds is 5. The molecule has 0 saturated carbocycles. The summed E-state index contributed by atoms with van der Waals surface area (Å²) in [5, 5.41) is 12.2. The number of carboxylic acids is 1. The number of nitrogens with one attached hydrogen (secondary N) is 1. The molecule has 0 aliphatic rings. The van der Waals surface area contributed by atoms with Crippen molar-refractivity contribution in [2.75, 3.05) is 5.32 Å².